The van der Waals surface area contributed by atoms with Gasteiger partial charge in [0.05, 0.1) is 0 Å². The van der Waals surface area contributed by atoms with Crippen molar-refractivity contribution in [2.45, 2.75) is 39.8 Å². The van der Waals surface area contributed by atoms with Crippen molar-refractivity contribution >= 4 is 11.9 Å². The Labute approximate surface area is 107 Å². The van der Waals surface area contributed by atoms with E-state index >= 15 is 0 Å². The summed E-state index contributed by atoms with van der Waals surface area (Å²) < 4.78 is 0. The molecule has 0 aliphatic rings. The van der Waals surface area contributed by atoms with Crippen molar-refractivity contribution in [3.05, 3.63) is 35.4 Å². The molecule has 0 aliphatic carbocycles. The van der Waals surface area contributed by atoms with Crippen molar-refractivity contribution in [1.29, 1.82) is 0 Å². The highest BCUT2D eigenvalue weighted by atomic mass is 16.4. The van der Waals surface area contributed by atoms with Crippen LogP contribution in [0.3, 0.4) is 0 Å². The van der Waals surface area contributed by atoms with Crippen LogP contribution in [-0.2, 0) is 9.59 Å². The number of aliphatic carboxylic acids is 1. The fraction of sp³-hybridized carbons (Fsp3) is 0.429. The van der Waals surface area contributed by atoms with Crippen LogP contribution in [0, 0.1) is 6.92 Å². The summed E-state index contributed by atoms with van der Waals surface area (Å²) in [5.41, 5.74) is 1.68. The standard InChI is InChI=1S/C14H19NO3/c1-9(2)15(11(4)16)13(14(17)18)12-7-5-10(3)6-8-12/h5-9,13H,1-4H3,(H,17,18). The van der Waals surface area contributed by atoms with Crippen molar-refractivity contribution in [3.8, 4) is 0 Å². The first-order valence-corrected chi connectivity index (χ1v) is 5.93. The maximum Gasteiger partial charge on any atom is 0.331 e. The zero-order valence-electron chi connectivity index (χ0n) is 11.2. The molecule has 0 saturated heterocycles. The third-order valence-corrected chi connectivity index (χ3v) is 2.83. The third kappa shape index (κ3) is 3.09. The summed E-state index contributed by atoms with van der Waals surface area (Å²) in [6, 6.07) is 6.13. The van der Waals surface area contributed by atoms with Crippen molar-refractivity contribution in [1.82, 2.24) is 4.90 Å². The van der Waals surface area contributed by atoms with Gasteiger partial charge in [-0.05, 0) is 26.3 Å². The van der Waals surface area contributed by atoms with Gasteiger partial charge in [-0.2, -0.15) is 0 Å². The van der Waals surface area contributed by atoms with E-state index in [4.69, 9.17) is 0 Å². The summed E-state index contributed by atoms with van der Waals surface area (Å²) in [6.45, 7) is 6.95. The molecule has 1 amide bonds. The minimum atomic E-state index is -1.01. The van der Waals surface area contributed by atoms with Crippen LogP contribution >= 0.6 is 0 Å². The van der Waals surface area contributed by atoms with Gasteiger partial charge < -0.3 is 10.0 Å². The summed E-state index contributed by atoms with van der Waals surface area (Å²) in [5.74, 6) is -1.25. The molecule has 1 aromatic rings. The molecule has 18 heavy (non-hydrogen) atoms. The zero-order chi connectivity index (χ0) is 13.9. The minimum Gasteiger partial charge on any atom is -0.479 e. The molecule has 0 radical (unpaired) electrons. The van der Waals surface area contributed by atoms with Crippen LogP contribution in [0.4, 0.5) is 0 Å². The van der Waals surface area contributed by atoms with Crippen molar-refractivity contribution in [2.75, 3.05) is 0 Å². The van der Waals surface area contributed by atoms with E-state index in [0.717, 1.165) is 5.56 Å². The van der Waals surface area contributed by atoms with Gasteiger partial charge in [-0.25, -0.2) is 4.79 Å². The Hall–Kier alpha value is -1.84. The normalized spacial score (nSPS) is 12.3. The molecule has 98 valence electrons. The third-order valence-electron chi connectivity index (χ3n) is 2.83. The maximum absolute atomic E-state index is 11.6. The van der Waals surface area contributed by atoms with E-state index < -0.39 is 12.0 Å². The SMILES string of the molecule is CC(=O)N(C(C)C)C(C(=O)O)c1ccc(C)cc1. The molecular weight excluding hydrogens is 230 g/mol. The van der Waals surface area contributed by atoms with Crippen LogP contribution in [-0.4, -0.2) is 27.9 Å². The predicted molar refractivity (Wildman–Crippen MR) is 69.2 cm³/mol. The van der Waals surface area contributed by atoms with Crippen LogP contribution in [0.2, 0.25) is 0 Å². The second-order valence-corrected chi connectivity index (χ2v) is 4.67. The molecule has 1 rings (SSSR count). The maximum atomic E-state index is 11.6. The molecule has 0 saturated carbocycles. The molecule has 1 aromatic carbocycles. The first-order valence-electron chi connectivity index (χ1n) is 5.93. The van der Waals surface area contributed by atoms with Crippen LogP contribution in [0.25, 0.3) is 0 Å². The van der Waals surface area contributed by atoms with E-state index in [9.17, 15) is 14.7 Å². The van der Waals surface area contributed by atoms with Crippen LogP contribution in [0.5, 0.6) is 0 Å². The van der Waals surface area contributed by atoms with Crippen molar-refractivity contribution in [3.63, 3.8) is 0 Å². The molecule has 1 N–H and O–H groups in total. The van der Waals surface area contributed by atoms with E-state index in [1.165, 1.54) is 11.8 Å². The monoisotopic (exact) mass is 249 g/mol. The van der Waals surface area contributed by atoms with Gasteiger partial charge in [-0.15, -0.1) is 0 Å². The quantitative estimate of drug-likeness (QED) is 0.891. The summed E-state index contributed by atoms with van der Waals surface area (Å²) in [7, 11) is 0. The first-order chi connectivity index (χ1) is 8.34. The number of aryl methyl sites for hydroxylation is 1. The Bertz CT molecular complexity index is 437. The lowest BCUT2D eigenvalue weighted by molar-refractivity contribution is -0.151. The molecule has 4 heteroatoms. The Morgan fingerprint density at radius 3 is 2.00 bits per heavy atom. The largest absolute Gasteiger partial charge is 0.479 e. The van der Waals surface area contributed by atoms with Crippen LogP contribution in [0.15, 0.2) is 24.3 Å². The fourth-order valence-corrected chi connectivity index (χ4v) is 2.01. The van der Waals surface area contributed by atoms with Gasteiger partial charge in [-0.3, -0.25) is 4.79 Å². The predicted octanol–water partition coefficient (Wildman–Crippen LogP) is 2.38. The molecule has 0 fully saturated rings. The van der Waals surface area contributed by atoms with Crippen molar-refractivity contribution < 1.29 is 14.7 Å². The number of carbonyl (C=O) groups excluding carboxylic acids is 1. The number of benzene rings is 1. The average Bonchev–Trinajstić information content (AvgIpc) is 2.25. The number of carbonyl (C=O) groups is 2. The number of hydrogen-bond acceptors (Lipinski definition) is 2. The second-order valence-electron chi connectivity index (χ2n) is 4.67. The van der Waals surface area contributed by atoms with Crippen LogP contribution in [0.1, 0.15) is 37.9 Å². The molecular formula is C14H19NO3. The molecule has 0 bridgehead atoms. The highest BCUT2D eigenvalue weighted by Crippen LogP contribution is 2.24. The number of nitrogens with zero attached hydrogens (tertiary/aromatic N) is 1. The highest BCUT2D eigenvalue weighted by molar-refractivity contribution is 5.83. The van der Waals surface area contributed by atoms with Gasteiger partial charge >= 0.3 is 5.97 Å². The molecule has 0 aromatic heterocycles. The fourth-order valence-electron chi connectivity index (χ4n) is 2.01. The van der Waals surface area contributed by atoms with E-state index in [-0.39, 0.29) is 11.9 Å². The Kier molecular flexibility index (Phi) is 4.48. The number of amides is 1. The summed E-state index contributed by atoms with van der Waals surface area (Å²) in [4.78, 5) is 24.5. The summed E-state index contributed by atoms with van der Waals surface area (Å²) >= 11 is 0. The highest BCUT2D eigenvalue weighted by Gasteiger charge is 2.31. The van der Waals surface area contributed by atoms with E-state index in [1.807, 2.05) is 32.9 Å². The number of rotatable bonds is 4. The smallest absolute Gasteiger partial charge is 0.331 e. The molecule has 0 heterocycles. The van der Waals surface area contributed by atoms with E-state index in [1.54, 1.807) is 12.1 Å². The first kappa shape index (κ1) is 14.2. The Balaban J connectivity index is 3.20. The summed E-state index contributed by atoms with van der Waals surface area (Å²) in [5, 5.41) is 9.37. The van der Waals surface area contributed by atoms with Gasteiger partial charge in [0.2, 0.25) is 5.91 Å². The minimum absolute atomic E-state index is 0.162. The lowest BCUT2D eigenvalue weighted by Crippen LogP contribution is -2.42. The van der Waals surface area contributed by atoms with Gasteiger partial charge in [-0.1, -0.05) is 29.8 Å². The molecule has 1 atom stereocenters. The van der Waals surface area contributed by atoms with E-state index in [0.29, 0.717) is 5.56 Å². The molecule has 1 unspecified atom stereocenters. The van der Waals surface area contributed by atoms with Gasteiger partial charge in [0.15, 0.2) is 6.04 Å². The number of hydrogen-bond donors (Lipinski definition) is 1. The second kappa shape index (κ2) is 5.67. The Morgan fingerprint density at radius 2 is 1.67 bits per heavy atom. The number of carboxylic acid groups (broad SMARTS) is 1. The van der Waals surface area contributed by atoms with Gasteiger partial charge in [0.25, 0.3) is 0 Å². The topological polar surface area (TPSA) is 57.6 Å². The molecule has 4 nitrogen and oxygen atoms in total. The van der Waals surface area contributed by atoms with E-state index in [2.05, 4.69) is 0 Å². The lowest BCUT2D eigenvalue weighted by atomic mass is 10.0. The number of carboxylic acids is 1. The average molecular weight is 249 g/mol. The van der Waals surface area contributed by atoms with Gasteiger partial charge in [0.1, 0.15) is 0 Å². The lowest BCUT2D eigenvalue weighted by Gasteiger charge is -2.31. The Morgan fingerprint density at radius 1 is 1.17 bits per heavy atom. The van der Waals surface area contributed by atoms with Crippen LogP contribution < -0.4 is 0 Å². The molecule has 0 aliphatic heterocycles. The molecule has 0 spiro atoms. The van der Waals surface area contributed by atoms with Gasteiger partial charge in [0, 0.05) is 13.0 Å². The summed E-state index contributed by atoms with van der Waals surface area (Å²) in [6.07, 6.45) is 0. The zero-order valence-corrected chi connectivity index (χ0v) is 11.2. The van der Waals surface area contributed by atoms with Crippen molar-refractivity contribution in [2.24, 2.45) is 0 Å².